The molecule has 0 radical (unpaired) electrons. The molecule has 3 aromatic rings. The summed E-state index contributed by atoms with van der Waals surface area (Å²) in [5.74, 6) is -0.316. The van der Waals surface area contributed by atoms with Gasteiger partial charge in [0.2, 0.25) is 0 Å². The molecule has 5 nitrogen and oxygen atoms in total. The van der Waals surface area contributed by atoms with E-state index in [0.29, 0.717) is 11.3 Å². The van der Waals surface area contributed by atoms with Crippen LogP contribution in [0.5, 0.6) is 0 Å². The van der Waals surface area contributed by atoms with Gasteiger partial charge in [0.1, 0.15) is 0 Å². The van der Waals surface area contributed by atoms with Crippen molar-refractivity contribution in [2.24, 2.45) is 0 Å². The molecule has 0 aromatic heterocycles. The molecule has 0 aliphatic carbocycles. The van der Waals surface area contributed by atoms with E-state index < -0.39 is 10.0 Å². The fourth-order valence-corrected chi connectivity index (χ4v) is 4.89. The molecule has 3 aromatic carbocycles. The van der Waals surface area contributed by atoms with E-state index in [9.17, 15) is 13.2 Å². The number of rotatable bonds is 6. The van der Waals surface area contributed by atoms with Crippen LogP contribution in [0.3, 0.4) is 0 Å². The molecule has 31 heavy (non-hydrogen) atoms. The third kappa shape index (κ3) is 4.80. The molecule has 3 rings (SSSR count). The minimum Gasteiger partial charge on any atom is -0.346 e. The van der Waals surface area contributed by atoms with Crippen molar-refractivity contribution in [1.29, 1.82) is 0 Å². The number of anilines is 1. The van der Waals surface area contributed by atoms with E-state index in [1.165, 1.54) is 23.5 Å². The molecule has 6 heteroatoms. The highest BCUT2D eigenvalue weighted by molar-refractivity contribution is 7.92. The van der Waals surface area contributed by atoms with Crippen LogP contribution in [-0.4, -0.2) is 21.4 Å². The zero-order valence-electron chi connectivity index (χ0n) is 18.5. The zero-order chi connectivity index (χ0) is 22.8. The van der Waals surface area contributed by atoms with E-state index in [-0.39, 0.29) is 16.8 Å². The van der Waals surface area contributed by atoms with Gasteiger partial charge in [0.05, 0.1) is 16.6 Å². The first-order chi connectivity index (χ1) is 14.6. The van der Waals surface area contributed by atoms with Crippen molar-refractivity contribution in [2.75, 3.05) is 11.4 Å². The summed E-state index contributed by atoms with van der Waals surface area (Å²) in [5.41, 5.74) is 5.00. The molecule has 0 aliphatic heterocycles. The number of aryl methyl sites for hydroxylation is 3. The van der Waals surface area contributed by atoms with Gasteiger partial charge in [-0.05, 0) is 68.7 Å². The Morgan fingerprint density at radius 2 is 1.61 bits per heavy atom. The Morgan fingerprint density at radius 3 is 2.32 bits per heavy atom. The summed E-state index contributed by atoms with van der Waals surface area (Å²) in [4.78, 5) is 13.0. The fourth-order valence-electron chi connectivity index (χ4n) is 3.59. The maximum Gasteiger partial charge on any atom is 0.264 e. The average Bonchev–Trinajstić information content (AvgIpc) is 2.75. The SMILES string of the molecule is Cc1ccc(C)c([C@@H](C)NC(=O)c2cccc(S(=O)(=O)N(C)c3ccccc3C)c2)c1. The van der Waals surface area contributed by atoms with Gasteiger partial charge in [-0.25, -0.2) is 8.42 Å². The first kappa shape index (κ1) is 22.6. The lowest BCUT2D eigenvalue weighted by Crippen LogP contribution is -2.29. The van der Waals surface area contributed by atoms with E-state index in [2.05, 4.69) is 11.4 Å². The first-order valence-corrected chi connectivity index (χ1v) is 11.6. The Kier molecular flexibility index (Phi) is 6.51. The van der Waals surface area contributed by atoms with Crippen molar-refractivity contribution in [3.63, 3.8) is 0 Å². The van der Waals surface area contributed by atoms with Crippen molar-refractivity contribution in [3.05, 3.63) is 94.5 Å². The topological polar surface area (TPSA) is 66.5 Å². The Bertz CT molecular complexity index is 1220. The highest BCUT2D eigenvalue weighted by atomic mass is 32.2. The largest absolute Gasteiger partial charge is 0.346 e. The van der Waals surface area contributed by atoms with E-state index in [4.69, 9.17) is 0 Å². The molecule has 162 valence electrons. The van der Waals surface area contributed by atoms with Gasteiger partial charge in [-0.2, -0.15) is 0 Å². The van der Waals surface area contributed by atoms with Crippen molar-refractivity contribution >= 4 is 21.6 Å². The van der Waals surface area contributed by atoms with Gasteiger partial charge in [0.25, 0.3) is 15.9 Å². The van der Waals surface area contributed by atoms with Crippen LogP contribution in [0.1, 0.15) is 45.6 Å². The Labute approximate surface area is 184 Å². The summed E-state index contributed by atoms with van der Waals surface area (Å²) in [7, 11) is -2.29. The molecular formula is C25H28N2O3S. The summed E-state index contributed by atoms with van der Waals surface area (Å²) in [6.07, 6.45) is 0. The van der Waals surface area contributed by atoms with Crippen molar-refractivity contribution in [3.8, 4) is 0 Å². The number of nitrogens with zero attached hydrogens (tertiary/aromatic N) is 1. The minimum absolute atomic E-state index is 0.0743. The van der Waals surface area contributed by atoms with Gasteiger partial charge in [-0.15, -0.1) is 0 Å². The van der Waals surface area contributed by atoms with Crippen molar-refractivity contribution in [2.45, 2.75) is 38.6 Å². The molecule has 0 heterocycles. The maximum absolute atomic E-state index is 13.2. The van der Waals surface area contributed by atoms with Crippen LogP contribution >= 0.6 is 0 Å². The molecular weight excluding hydrogens is 408 g/mol. The third-order valence-electron chi connectivity index (χ3n) is 5.46. The van der Waals surface area contributed by atoms with E-state index in [0.717, 1.165) is 22.3 Å². The van der Waals surface area contributed by atoms with Gasteiger partial charge in [-0.3, -0.25) is 9.10 Å². The maximum atomic E-state index is 13.2. The molecule has 0 fully saturated rings. The Balaban J connectivity index is 1.86. The molecule has 0 bridgehead atoms. The molecule has 0 aliphatic rings. The summed E-state index contributed by atoms with van der Waals surface area (Å²) in [6, 6.07) is 19.3. The van der Waals surface area contributed by atoms with Crippen LogP contribution in [0.15, 0.2) is 71.6 Å². The standard InChI is InChI=1S/C25H28N2O3S/c1-17-13-14-18(2)23(15-17)20(4)26-25(28)21-10-8-11-22(16-21)31(29,30)27(5)24-12-7-6-9-19(24)3/h6-16,20H,1-5H3,(H,26,28)/t20-/m1/s1. The smallest absolute Gasteiger partial charge is 0.264 e. The summed E-state index contributed by atoms with van der Waals surface area (Å²) < 4.78 is 27.6. The molecule has 1 N–H and O–H groups in total. The number of benzene rings is 3. The third-order valence-corrected chi connectivity index (χ3v) is 7.23. The van der Waals surface area contributed by atoms with E-state index >= 15 is 0 Å². The van der Waals surface area contributed by atoms with E-state index in [1.54, 1.807) is 24.3 Å². The number of hydrogen-bond acceptors (Lipinski definition) is 3. The lowest BCUT2D eigenvalue weighted by Gasteiger charge is -2.22. The second kappa shape index (κ2) is 8.94. The Hall–Kier alpha value is -3.12. The van der Waals surface area contributed by atoms with Crippen molar-refractivity contribution < 1.29 is 13.2 Å². The number of sulfonamides is 1. The normalized spacial score (nSPS) is 12.3. The summed E-state index contributed by atoms with van der Waals surface area (Å²) >= 11 is 0. The predicted octanol–water partition coefficient (Wildman–Crippen LogP) is 4.93. The number of amides is 1. The van der Waals surface area contributed by atoms with Crippen LogP contribution in [0.4, 0.5) is 5.69 Å². The van der Waals surface area contributed by atoms with Gasteiger partial charge < -0.3 is 5.32 Å². The molecule has 1 atom stereocenters. The van der Waals surface area contributed by atoms with Crippen LogP contribution < -0.4 is 9.62 Å². The van der Waals surface area contributed by atoms with E-state index in [1.807, 2.05) is 52.0 Å². The first-order valence-electron chi connectivity index (χ1n) is 10.1. The van der Waals surface area contributed by atoms with Gasteiger partial charge in [0.15, 0.2) is 0 Å². The molecule has 0 spiro atoms. The van der Waals surface area contributed by atoms with Gasteiger partial charge in [0, 0.05) is 12.6 Å². The second-order valence-corrected chi connectivity index (χ2v) is 9.81. The predicted molar refractivity (Wildman–Crippen MR) is 125 cm³/mol. The highest BCUT2D eigenvalue weighted by Gasteiger charge is 2.24. The number of carbonyl (C=O) groups excluding carboxylic acids is 1. The lowest BCUT2D eigenvalue weighted by atomic mass is 10.00. The quantitative estimate of drug-likeness (QED) is 0.596. The van der Waals surface area contributed by atoms with Crippen LogP contribution in [0.2, 0.25) is 0 Å². The fraction of sp³-hybridized carbons (Fsp3) is 0.240. The van der Waals surface area contributed by atoms with Crippen molar-refractivity contribution in [1.82, 2.24) is 5.32 Å². The number of hydrogen-bond donors (Lipinski definition) is 1. The Morgan fingerprint density at radius 1 is 0.903 bits per heavy atom. The zero-order valence-corrected chi connectivity index (χ0v) is 19.3. The monoisotopic (exact) mass is 436 g/mol. The summed E-state index contributed by atoms with van der Waals surface area (Å²) in [5, 5.41) is 2.98. The molecule has 0 saturated heterocycles. The molecule has 0 unspecified atom stereocenters. The summed E-state index contributed by atoms with van der Waals surface area (Å²) in [6.45, 7) is 7.80. The number of para-hydroxylation sites is 1. The van der Waals surface area contributed by atoms with Crippen LogP contribution in [0, 0.1) is 20.8 Å². The van der Waals surface area contributed by atoms with Gasteiger partial charge in [-0.1, -0.05) is 48.0 Å². The van der Waals surface area contributed by atoms with Gasteiger partial charge >= 0.3 is 0 Å². The molecule has 1 amide bonds. The van der Waals surface area contributed by atoms with Crippen LogP contribution in [-0.2, 0) is 10.0 Å². The lowest BCUT2D eigenvalue weighted by molar-refractivity contribution is 0.0939. The average molecular weight is 437 g/mol. The van der Waals surface area contributed by atoms with Crippen LogP contribution in [0.25, 0.3) is 0 Å². The number of carbonyl (C=O) groups is 1. The number of nitrogens with one attached hydrogen (secondary N) is 1. The minimum atomic E-state index is -3.81. The molecule has 0 saturated carbocycles. The second-order valence-electron chi connectivity index (χ2n) is 7.84. The highest BCUT2D eigenvalue weighted by Crippen LogP contribution is 2.26.